The average Bonchev–Trinajstić information content (AvgIpc) is 2.80. The van der Waals surface area contributed by atoms with Crippen LogP contribution in [0.2, 0.25) is 5.02 Å². The number of nitrogens with zero attached hydrogens (tertiary/aromatic N) is 2. The van der Waals surface area contributed by atoms with Gasteiger partial charge in [-0.1, -0.05) is 31.4 Å². The highest BCUT2D eigenvalue weighted by atomic mass is 35.5. The summed E-state index contributed by atoms with van der Waals surface area (Å²) in [5, 5.41) is 8.43. The number of aryl methyl sites for hydroxylation is 1. The van der Waals surface area contributed by atoms with Crippen molar-refractivity contribution in [3.05, 3.63) is 16.9 Å². The summed E-state index contributed by atoms with van der Waals surface area (Å²) in [5.41, 5.74) is 1.43. The topological polar surface area (TPSA) is 29.9 Å². The van der Waals surface area contributed by atoms with Gasteiger partial charge >= 0.3 is 0 Å². The van der Waals surface area contributed by atoms with E-state index in [0.29, 0.717) is 11.5 Å². The molecule has 1 aliphatic carbocycles. The van der Waals surface area contributed by atoms with Crippen LogP contribution in [0.15, 0.2) is 6.20 Å². The molecule has 4 heteroatoms. The third-order valence-electron chi connectivity index (χ3n) is 3.94. The molecule has 0 bridgehead atoms. The van der Waals surface area contributed by atoms with E-state index in [0.717, 1.165) is 10.7 Å². The van der Waals surface area contributed by atoms with Gasteiger partial charge in [-0.2, -0.15) is 5.10 Å². The first-order valence-corrected chi connectivity index (χ1v) is 6.31. The SMILES string of the molecule is CNC(c1c(Cl)cnn1C)C1(C)CCCC1. The summed E-state index contributed by atoms with van der Waals surface area (Å²) in [6.07, 6.45) is 6.91. The largest absolute Gasteiger partial charge is 0.311 e. The number of nitrogens with one attached hydrogen (secondary N) is 1. The lowest BCUT2D eigenvalue weighted by Crippen LogP contribution is -2.34. The van der Waals surface area contributed by atoms with Crippen molar-refractivity contribution < 1.29 is 0 Å². The highest BCUT2D eigenvalue weighted by molar-refractivity contribution is 6.31. The molecule has 1 fully saturated rings. The summed E-state index contributed by atoms with van der Waals surface area (Å²) in [5.74, 6) is 0. The molecule has 3 nitrogen and oxygen atoms in total. The number of halogens is 1. The van der Waals surface area contributed by atoms with E-state index in [1.807, 2.05) is 18.8 Å². The van der Waals surface area contributed by atoms with Crippen LogP contribution < -0.4 is 5.32 Å². The van der Waals surface area contributed by atoms with E-state index in [1.165, 1.54) is 25.7 Å². The van der Waals surface area contributed by atoms with Crippen molar-refractivity contribution in [3.8, 4) is 0 Å². The van der Waals surface area contributed by atoms with Crippen LogP contribution in [0.25, 0.3) is 0 Å². The molecular formula is C12H20ClN3. The van der Waals surface area contributed by atoms with Gasteiger partial charge in [0.25, 0.3) is 0 Å². The zero-order valence-electron chi connectivity index (χ0n) is 10.3. The summed E-state index contributed by atoms with van der Waals surface area (Å²) in [6, 6.07) is 0.301. The van der Waals surface area contributed by atoms with E-state index in [4.69, 9.17) is 11.6 Å². The lowest BCUT2D eigenvalue weighted by atomic mass is 9.79. The molecule has 1 saturated carbocycles. The van der Waals surface area contributed by atoms with Gasteiger partial charge in [-0.15, -0.1) is 0 Å². The maximum Gasteiger partial charge on any atom is 0.0834 e. The molecule has 1 heterocycles. The molecule has 0 amide bonds. The van der Waals surface area contributed by atoms with Gasteiger partial charge in [-0.3, -0.25) is 4.68 Å². The van der Waals surface area contributed by atoms with Crippen molar-refractivity contribution in [1.29, 1.82) is 0 Å². The van der Waals surface area contributed by atoms with Gasteiger partial charge in [-0.25, -0.2) is 0 Å². The minimum atomic E-state index is 0.301. The van der Waals surface area contributed by atoms with Crippen molar-refractivity contribution in [2.75, 3.05) is 7.05 Å². The molecule has 2 rings (SSSR count). The zero-order valence-corrected chi connectivity index (χ0v) is 11.0. The van der Waals surface area contributed by atoms with Crippen LogP contribution in [0.1, 0.15) is 44.3 Å². The highest BCUT2D eigenvalue weighted by Gasteiger charge is 2.39. The van der Waals surface area contributed by atoms with Crippen LogP contribution in [0.3, 0.4) is 0 Å². The maximum atomic E-state index is 6.24. The summed E-state index contributed by atoms with van der Waals surface area (Å²) in [7, 11) is 3.97. The Balaban J connectivity index is 2.36. The Morgan fingerprint density at radius 2 is 2.12 bits per heavy atom. The molecule has 1 aliphatic rings. The van der Waals surface area contributed by atoms with Gasteiger partial charge < -0.3 is 5.32 Å². The highest BCUT2D eigenvalue weighted by Crippen LogP contribution is 2.48. The van der Waals surface area contributed by atoms with Crippen molar-refractivity contribution in [2.45, 2.75) is 38.6 Å². The monoisotopic (exact) mass is 241 g/mol. The van der Waals surface area contributed by atoms with Crippen LogP contribution in [-0.4, -0.2) is 16.8 Å². The molecule has 1 atom stereocenters. The fourth-order valence-corrected chi connectivity index (χ4v) is 3.31. The second kappa shape index (κ2) is 4.38. The Bertz CT molecular complexity index is 347. The predicted molar refractivity (Wildman–Crippen MR) is 66.6 cm³/mol. The van der Waals surface area contributed by atoms with E-state index in [2.05, 4.69) is 17.3 Å². The molecule has 1 unspecified atom stereocenters. The van der Waals surface area contributed by atoms with Gasteiger partial charge in [0.15, 0.2) is 0 Å². The van der Waals surface area contributed by atoms with Crippen molar-refractivity contribution in [3.63, 3.8) is 0 Å². The van der Waals surface area contributed by atoms with Gasteiger partial charge in [0.1, 0.15) is 0 Å². The minimum absolute atomic E-state index is 0.301. The Morgan fingerprint density at radius 1 is 1.50 bits per heavy atom. The van der Waals surface area contributed by atoms with Gasteiger partial charge in [-0.05, 0) is 25.3 Å². The average molecular weight is 242 g/mol. The van der Waals surface area contributed by atoms with Gasteiger partial charge in [0, 0.05) is 7.05 Å². The Morgan fingerprint density at radius 3 is 2.56 bits per heavy atom. The first kappa shape index (κ1) is 11.9. The van der Waals surface area contributed by atoms with Crippen LogP contribution in [0.4, 0.5) is 0 Å². The summed E-state index contributed by atoms with van der Waals surface area (Å²) >= 11 is 6.24. The molecule has 0 aliphatic heterocycles. The van der Waals surface area contributed by atoms with Crippen molar-refractivity contribution in [2.24, 2.45) is 12.5 Å². The lowest BCUT2D eigenvalue weighted by molar-refractivity contribution is 0.224. The van der Waals surface area contributed by atoms with Crippen LogP contribution >= 0.6 is 11.6 Å². The minimum Gasteiger partial charge on any atom is -0.311 e. The summed E-state index contributed by atoms with van der Waals surface area (Å²) in [4.78, 5) is 0. The molecule has 0 radical (unpaired) electrons. The second-order valence-electron chi connectivity index (χ2n) is 5.08. The fraction of sp³-hybridized carbons (Fsp3) is 0.750. The molecule has 90 valence electrons. The van der Waals surface area contributed by atoms with Crippen LogP contribution in [0.5, 0.6) is 0 Å². The van der Waals surface area contributed by atoms with Crippen LogP contribution in [0, 0.1) is 5.41 Å². The third kappa shape index (κ3) is 1.87. The molecule has 16 heavy (non-hydrogen) atoms. The number of aromatic nitrogens is 2. The smallest absolute Gasteiger partial charge is 0.0834 e. The number of hydrogen-bond donors (Lipinski definition) is 1. The van der Waals surface area contributed by atoms with Gasteiger partial charge in [0.05, 0.1) is 23.0 Å². The predicted octanol–water partition coefficient (Wildman–Crippen LogP) is 2.91. The quantitative estimate of drug-likeness (QED) is 0.882. The Hall–Kier alpha value is -0.540. The summed E-state index contributed by atoms with van der Waals surface area (Å²) < 4.78 is 1.90. The van der Waals surface area contributed by atoms with E-state index >= 15 is 0 Å². The Labute approximate surface area is 102 Å². The molecule has 1 aromatic heterocycles. The van der Waals surface area contributed by atoms with Gasteiger partial charge in [0.2, 0.25) is 0 Å². The summed E-state index contributed by atoms with van der Waals surface area (Å²) in [6.45, 7) is 2.35. The second-order valence-corrected chi connectivity index (χ2v) is 5.49. The Kier molecular flexibility index (Phi) is 3.27. The molecule has 1 aromatic rings. The fourth-order valence-electron chi connectivity index (χ4n) is 3.03. The van der Waals surface area contributed by atoms with Crippen molar-refractivity contribution >= 4 is 11.6 Å². The first-order chi connectivity index (χ1) is 7.58. The lowest BCUT2D eigenvalue weighted by Gasteiger charge is -2.34. The number of rotatable bonds is 3. The first-order valence-electron chi connectivity index (χ1n) is 5.93. The van der Waals surface area contributed by atoms with Crippen LogP contribution in [-0.2, 0) is 7.05 Å². The maximum absolute atomic E-state index is 6.24. The zero-order chi connectivity index (χ0) is 11.8. The molecule has 0 saturated heterocycles. The standard InChI is InChI=1S/C12H20ClN3/c1-12(6-4-5-7-12)11(14-2)10-9(13)8-15-16(10)3/h8,11,14H,4-7H2,1-3H3. The van der Waals surface area contributed by atoms with E-state index in [-0.39, 0.29) is 0 Å². The van der Waals surface area contributed by atoms with Crippen molar-refractivity contribution in [1.82, 2.24) is 15.1 Å². The molecule has 0 spiro atoms. The van der Waals surface area contributed by atoms with E-state index in [1.54, 1.807) is 6.20 Å². The molecular weight excluding hydrogens is 222 g/mol. The molecule has 1 N–H and O–H groups in total. The van der Waals surface area contributed by atoms with E-state index < -0.39 is 0 Å². The molecule has 0 aromatic carbocycles. The van der Waals surface area contributed by atoms with E-state index in [9.17, 15) is 0 Å². The third-order valence-corrected chi connectivity index (χ3v) is 4.23. The normalized spacial score (nSPS) is 21.2. The number of hydrogen-bond acceptors (Lipinski definition) is 2.